The van der Waals surface area contributed by atoms with Gasteiger partial charge in [0.25, 0.3) is 10.0 Å². The zero-order valence-electron chi connectivity index (χ0n) is 12.5. The minimum atomic E-state index is -4.81. The number of aryl methyl sites for hydroxylation is 1. The number of carbonyl (C=O) groups is 1. The van der Waals surface area contributed by atoms with Crippen LogP contribution in [-0.2, 0) is 20.9 Å². The summed E-state index contributed by atoms with van der Waals surface area (Å²) in [5.74, 6) is -0.654. The summed E-state index contributed by atoms with van der Waals surface area (Å²) in [5, 5.41) is 0.0184. The van der Waals surface area contributed by atoms with Crippen LogP contribution in [0.4, 0.5) is 18.2 Å². The fourth-order valence-electron chi connectivity index (χ4n) is 1.95. The number of hydrogen-bond acceptors (Lipinski definition) is 5. The van der Waals surface area contributed by atoms with Crippen molar-refractivity contribution < 1.29 is 31.1 Å². The van der Waals surface area contributed by atoms with Gasteiger partial charge in [-0.25, -0.2) is 13.2 Å². The van der Waals surface area contributed by atoms with Crippen LogP contribution in [0.1, 0.15) is 20.8 Å². The highest BCUT2D eigenvalue weighted by atomic mass is 32.2. The SMILES string of the molecule is COC(=O)c1sc(NS(=O)(=O)c2ccccc2C(F)(F)F)cc1C. The van der Waals surface area contributed by atoms with Crippen LogP contribution in [0.25, 0.3) is 0 Å². The maximum absolute atomic E-state index is 13.0. The van der Waals surface area contributed by atoms with Crippen LogP contribution in [0.2, 0.25) is 0 Å². The third-order valence-electron chi connectivity index (χ3n) is 3.01. The normalized spacial score (nSPS) is 12.0. The molecule has 0 saturated heterocycles. The Labute approximate surface area is 140 Å². The van der Waals surface area contributed by atoms with Crippen LogP contribution >= 0.6 is 11.3 Å². The van der Waals surface area contributed by atoms with Gasteiger partial charge in [0.2, 0.25) is 0 Å². The molecule has 24 heavy (non-hydrogen) atoms. The van der Waals surface area contributed by atoms with Crippen molar-refractivity contribution in [1.29, 1.82) is 0 Å². The van der Waals surface area contributed by atoms with Gasteiger partial charge in [-0.3, -0.25) is 4.72 Å². The van der Waals surface area contributed by atoms with Crippen LogP contribution < -0.4 is 4.72 Å². The standard InChI is InChI=1S/C14H12F3NO4S2/c1-8-7-11(23-12(8)13(19)22-2)18-24(20,21)10-6-4-3-5-9(10)14(15,16)17/h3-7,18H,1-2H3. The van der Waals surface area contributed by atoms with Crippen molar-refractivity contribution in [2.24, 2.45) is 0 Å². The van der Waals surface area contributed by atoms with Gasteiger partial charge in [0.15, 0.2) is 0 Å². The van der Waals surface area contributed by atoms with Gasteiger partial charge in [-0.05, 0) is 30.7 Å². The molecule has 0 saturated carbocycles. The Hall–Kier alpha value is -2.07. The molecule has 0 radical (unpaired) electrons. The molecule has 130 valence electrons. The monoisotopic (exact) mass is 379 g/mol. The minimum absolute atomic E-state index is 0.0184. The van der Waals surface area contributed by atoms with Crippen molar-refractivity contribution >= 4 is 32.3 Å². The zero-order chi connectivity index (χ0) is 18.1. The number of alkyl halides is 3. The van der Waals surface area contributed by atoms with E-state index >= 15 is 0 Å². The Bertz CT molecular complexity index is 872. The van der Waals surface area contributed by atoms with Crippen molar-refractivity contribution in [3.05, 3.63) is 46.3 Å². The van der Waals surface area contributed by atoms with E-state index in [2.05, 4.69) is 9.46 Å². The number of nitrogens with one attached hydrogen (secondary N) is 1. The molecule has 1 heterocycles. The molecule has 2 aromatic rings. The third-order valence-corrected chi connectivity index (χ3v) is 5.69. The van der Waals surface area contributed by atoms with Gasteiger partial charge < -0.3 is 4.74 Å². The van der Waals surface area contributed by atoms with E-state index in [1.54, 1.807) is 6.92 Å². The van der Waals surface area contributed by atoms with Gasteiger partial charge in [-0.2, -0.15) is 13.2 Å². The highest BCUT2D eigenvalue weighted by molar-refractivity contribution is 7.93. The summed E-state index contributed by atoms with van der Waals surface area (Å²) in [6, 6.07) is 5.21. The van der Waals surface area contributed by atoms with Gasteiger partial charge >= 0.3 is 12.1 Å². The number of methoxy groups -OCH3 is 1. The highest BCUT2D eigenvalue weighted by Crippen LogP contribution is 2.35. The highest BCUT2D eigenvalue weighted by Gasteiger charge is 2.37. The number of halogens is 3. The number of thiophene rings is 1. The summed E-state index contributed by atoms with van der Waals surface area (Å²) in [5.41, 5.74) is -0.812. The number of ether oxygens (including phenoxy) is 1. The summed E-state index contributed by atoms with van der Waals surface area (Å²) >= 11 is 0.781. The Balaban J connectivity index is 2.42. The Morgan fingerprint density at radius 1 is 1.25 bits per heavy atom. The number of anilines is 1. The molecule has 0 aliphatic heterocycles. The topological polar surface area (TPSA) is 72.5 Å². The predicted molar refractivity (Wildman–Crippen MR) is 82.6 cm³/mol. The molecule has 2 rings (SSSR count). The van der Waals surface area contributed by atoms with Crippen molar-refractivity contribution in [2.75, 3.05) is 11.8 Å². The first-order valence-electron chi connectivity index (χ1n) is 6.44. The average Bonchev–Trinajstić information content (AvgIpc) is 2.85. The predicted octanol–water partition coefficient (Wildman–Crippen LogP) is 3.66. The largest absolute Gasteiger partial charge is 0.465 e. The van der Waals surface area contributed by atoms with Gasteiger partial charge in [0.05, 0.1) is 17.6 Å². The van der Waals surface area contributed by atoms with E-state index < -0.39 is 32.6 Å². The lowest BCUT2D eigenvalue weighted by atomic mass is 10.2. The lowest BCUT2D eigenvalue weighted by Gasteiger charge is -2.13. The van der Waals surface area contributed by atoms with E-state index in [4.69, 9.17) is 0 Å². The molecule has 0 atom stereocenters. The van der Waals surface area contributed by atoms with Gasteiger partial charge in [0.1, 0.15) is 9.88 Å². The van der Waals surface area contributed by atoms with E-state index in [0.717, 1.165) is 23.5 Å². The Kier molecular flexibility index (Phi) is 4.90. The molecular weight excluding hydrogens is 367 g/mol. The number of benzene rings is 1. The van der Waals surface area contributed by atoms with E-state index in [0.29, 0.717) is 11.6 Å². The second kappa shape index (κ2) is 6.44. The smallest absolute Gasteiger partial charge is 0.417 e. The second-order valence-electron chi connectivity index (χ2n) is 4.71. The number of sulfonamides is 1. The molecule has 0 fully saturated rings. The molecule has 1 aromatic carbocycles. The molecule has 5 nitrogen and oxygen atoms in total. The fraction of sp³-hybridized carbons (Fsp3) is 0.214. The van der Waals surface area contributed by atoms with Crippen LogP contribution in [0.15, 0.2) is 35.2 Å². The quantitative estimate of drug-likeness (QED) is 0.823. The molecule has 10 heteroatoms. The molecule has 0 aliphatic carbocycles. The summed E-state index contributed by atoms with van der Waals surface area (Å²) in [6.45, 7) is 1.56. The summed E-state index contributed by atoms with van der Waals surface area (Å²) < 4.78 is 70.2. The van der Waals surface area contributed by atoms with Gasteiger partial charge in [-0.1, -0.05) is 12.1 Å². The van der Waals surface area contributed by atoms with Crippen LogP contribution in [0.3, 0.4) is 0 Å². The molecule has 0 spiro atoms. The summed E-state index contributed by atoms with van der Waals surface area (Å²) in [7, 11) is -3.30. The molecule has 0 aliphatic rings. The first-order chi connectivity index (χ1) is 11.1. The zero-order valence-corrected chi connectivity index (χ0v) is 14.1. The maximum atomic E-state index is 13.0. The Morgan fingerprint density at radius 2 is 1.88 bits per heavy atom. The number of carbonyl (C=O) groups excluding carboxylic acids is 1. The van der Waals surface area contributed by atoms with Crippen molar-refractivity contribution in [2.45, 2.75) is 18.0 Å². The fourth-order valence-corrected chi connectivity index (χ4v) is 4.45. The first kappa shape index (κ1) is 18.3. The van der Waals surface area contributed by atoms with Crippen LogP contribution in [0, 0.1) is 6.92 Å². The lowest BCUT2D eigenvalue weighted by molar-refractivity contribution is -0.139. The van der Waals surface area contributed by atoms with Crippen molar-refractivity contribution in [3.8, 4) is 0 Å². The van der Waals surface area contributed by atoms with E-state index in [-0.39, 0.29) is 9.88 Å². The maximum Gasteiger partial charge on any atom is 0.417 e. The molecule has 0 unspecified atom stereocenters. The number of hydrogen-bond donors (Lipinski definition) is 1. The second-order valence-corrected chi connectivity index (χ2v) is 7.42. The molecule has 1 N–H and O–H groups in total. The number of rotatable bonds is 4. The molecule has 0 amide bonds. The number of esters is 1. The van der Waals surface area contributed by atoms with E-state index in [1.807, 2.05) is 0 Å². The van der Waals surface area contributed by atoms with Crippen LogP contribution in [-0.4, -0.2) is 21.5 Å². The third kappa shape index (κ3) is 3.70. The van der Waals surface area contributed by atoms with Gasteiger partial charge in [-0.15, -0.1) is 11.3 Å². The van der Waals surface area contributed by atoms with Crippen molar-refractivity contribution in [3.63, 3.8) is 0 Å². The first-order valence-corrected chi connectivity index (χ1v) is 8.74. The minimum Gasteiger partial charge on any atom is -0.465 e. The molecule has 1 aromatic heterocycles. The van der Waals surface area contributed by atoms with E-state index in [1.165, 1.54) is 19.2 Å². The van der Waals surface area contributed by atoms with Crippen molar-refractivity contribution in [1.82, 2.24) is 0 Å². The summed E-state index contributed by atoms with van der Waals surface area (Å²) in [4.78, 5) is 10.8. The van der Waals surface area contributed by atoms with Gasteiger partial charge in [0, 0.05) is 0 Å². The average molecular weight is 379 g/mol. The van der Waals surface area contributed by atoms with Crippen LogP contribution in [0.5, 0.6) is 0 Å². The molecular formula is C14H12F3NO4S2. The summed E-state index contributed by atoms with van der Waals surface area (Å²) in [6.07, 6.45) is -4.81. The lowest BCUT2D eigenvalue weighted by Crippen LogP contribution is -2.18. The molecule has 0 bridgehead atoms. The Morgan fingerprint density at radius 3 is 2.46 bits per heavy atom. The van der Waals surface area contributed by atoms with E-state index in [9.17, 15) is 26.4 Å².